The quantitative estimate of drug-likeness (QED) is 0.850. The number of hydrogen-bond acceptors (Lipinski definition) is 2. The molecule has 1 N–H and O–H groups in total. The van der Waals surface area contributed by atoms with Crippen LogP contribution in [0.5, 0.6) is 5.75 Å². The van der Waals surface area contributed by atoms with Gasteiger partial charge < -0.3 is 10.1 Å². The highest BCUT2D eigenvalue weighted by molar-refractivity contribution is 5.44. The average Bonchev–Trinajstić information content (AvgIpc) is 2.26. The zero-order valence-corrected chi connectivity index (χ0v) is 13.6. The van der Waals surface area contributed by atoms with Gasteiger partial charge in [-0.25, -0.2) is 0 Å². The minimum Gasteiger partial charge on any atom is -0.496 e. The minimum absolute atomic E-state index is 0.314. The lowest BCUT2D eigenvalue weighted by Gasteiger charge is -2.28. The van der Waals surface area contributed by atoms with Gasteiger partial charge in [0.05, 0.1) is 7.11 Å². The lowest BCUT2D eigenvalue weighted by Crippen LogP contribution is -2.25. The maximum Gasteiger partial charge on any atom is 0.124 e. The first-order chi connectivity index (χ1) is 8.78. The number of nitrogens with one attached hydrogen (secondary N) is 1. The highest BCUT2D eigenvalue weighted by Gasteiger charge is 2.20. The molecule has 19 heavy (non-hydrogen) atoms. The van der Waals surface area contributed by atoms with Gasteiger partial charge in [0, 0.05) is 6.04 Å². The van der Waals surface area contributed by atoms with Crippen LogP contribution in [0.2, 0.25) is 0 Å². The molecular formula is C17H29NO. The summed E-state index contributed by atoms with van der Waals surface area (Å²) in [5, 5.41) is 3.61. The SMILES string of the molecule is CCNC(CC(C)(C)C)c1cc(C)c(OC)c(C)c1. The number of aryl methyl sites for hydroxylation is 2. The summed E-state index contributed by atoms with van der Waals surface area (Å²) in [6.07, 6.45) is 1.13. The number of benzene rings is 1. The van der Waals surface area contributed by atoms with Crippen molar-refractivity contribution in [3.63, 3.8) is 0 Å². The fourth-order valence-electron chi connectivity index (χ4n) is 2.67. The summed E-state index contributed by atoms with van der Waals surface area (Å²) in [6.45, 7) is 14.3. The second-order valence-corrected chi connectivity index (χ2v) is 6.56. The van der Waals surface area contributed by atoms with E-state index in [-0.39, 0.29) is 0 Å². The number of hydrogen-bond donors (Lipinski definition) is 1. The van der Waals surface area contributed by atoms with Crippen molar-refractivity contribution in [2.45, 2.75) is 54.0 Å². The predicted molar refractivity (Wildman–Crippen MR) is 83.0 cm³/mol. The van der Waals surface area contributed by atoms with Gasteiger partial charge in [0.1, 0.15) is 5.75 Å². The van der Waals surface area contributed by atoms with Crippen molar-refractivity contribution in [1.82, 2.24) is 5.32 Å². The zero-order chi connectivity index (χ0) is 14.6. The molecule has 0 spiro atoms. The molecule has 0 saturated carbocycles. The van der Waals surface area contributed by atoms with E-state index in [0.717, 1.165) is 18.7 Å². The fraction of sp³-hybridized carbons (Fsp3) is 0.647. The van der Waals surface area contributed by atoms with Crippen LogP contribution in [-0.2, 0) is 0 Å². The molecule has 0 aromatic heterocycles. The molecule has 0 amide bonds. The third-order valence-electron chi connectivity index (χ3n) is 3.36. The Morgan fingerprint density at radius 2 is 1.68 bits per heavy atom. The number of methoxy groups -OCH3 is 1. The topological polar surface area (TPSA) is 21.3 Å². The van der Waals surface area contributed by atoms with E-state index in [9.17, 15) is 0 Å². The number of ether oxygens (including phenoxy) is 1. The second kappa shape index (κ2) is 6.42. The van der Waals surface area contributed by atoms with Crippen LogP contribution in [0.25, 0.3) is 0 Å². The van der Waals surface area contributed by atoms with E-state index < -0.39 is 0 Å². The van der Waals surface area contributed by atoms with Crippen LogP contribution >= 0.6 is 0 Å². The summed E-state index contributed by atoms with van der Waals surface area (Å²) in [6, 6.07) is 4.92. The van der Waals surface area contributed by atoms with Crippen molar-refractivity contribution in [2.75, 3.05) is 13.7 Å². The first kappa shape index (κ1) is 16.0. The van der Waals surface area contributed by atoms with Crippen LogP contribution in [0.1, 0.15) is 56.8 Å². The van der Waals surface area contributed by atoms with E-state index in [1.807, 2.05) is 0 Å². The maximum atomic E-state index is 5.45. The van der Waals surface area contributed by atoms with Crippen LogP contribution in [0.15, 0.2) is 12.1 Å². The van der Waals surface area contributed by atoms with Gasteiger partial charge in [-0.2, -0.15) is 0 Å². The molecule has 1 rings (SSSR count). The van der Waals surface area contributed by atoms with Crippen LogP contribution in [0.4, 0.5) is 0 Å². The predicted octanol–water partition coefficient (Wildman–Crippen LogP) is 4.40. The van der Waals surface area contributed by atoms with E-state index in [1.165, 1.54) is 16.7 Å². The van der Waals surface area contributed by atoms with Crippen molar-refractivity contribution in [2.24, 2.45) is 5.41 Å². The molecular weight excluding hydrogens is 234 g/mol. The lowest BCUT2D eigenvalue weighted by atomic mass is 9.84. The van der Waals surface area contributed by atoms with Gasteiger partial charge in [0.15, 0.2) is 0 Å². The van der Waals surface area contributed by atoms with Crippen LogP contribution in [0.3, 0.4) is 0 Å². The Labute approximate surface area is 118 Å². The monoisotopic (exact) mass is 263 g/mol. The van der Waals surface area contributed by atoms with Gasteiger partial charge in [-0.3, -0.25) is 0 Å². The molecule has 0 saturated heterocycles. The molecule has 0 aliphatic carbocycles. The van der Waals surface area contributed by atoms with Crippen LogP contribution < -0.4 is 10.1 Å². The van der Waals surface area contributed by atoms with Crippen molar-refractivity contribution in [1.29, 1.82) is 0 Å². The Balaban J connectivity index is 3.09. The van der Waals surface area contributed by atoms with Crippen molar-refractivity contribution >= 4 is 0 Å². The standard InChI is InChI=1S/C17H29NO/c1-8-18-15(11-17(4,5)6)14-9-12(2)16(19-7)13(3)10-14/h9-10,15,18H,8,11H2,1-7H3. The van der Waals surface area contributed by atoms with Crippen molar-refractivity contribution in [3.8, 4) is 5.75 Å². The summed E-state index contributed by atoms with van der Waals surface area (Å²) < 4.78 is 5.45. The Kier molecular flexibility index (Phi) is 5.42. The number of rotatable bonds is 5. The Morgan fingerprint density at radius 3 is 2.05 bits per heavy atom. The minimum atomic E-state index is 0.314. The lowest BCUT2D eigenvalue weighted by molar-refractivity contribution is 0.314. The zero-order valence-electron chi connectivity index (χ0n) is 13.6. The average molecular weight is 263 g/mol. The summed E-state index contributed by atoms with van der Waals surface area (Å²) in [7, 11) is 1.74. The molecule has 0 heterocycles. The molecule has 1 atom stereocenters. The third-order valence-corrected chi connectivity index (χ3v) is 3.36. The van der Waals surface area contributed by atoms with Gasteiger partial charge in [-0.05, 0) is 48.9 Å². The van der Waals surface area contributed by atoms with Crippen LogP contribution in [-0.4, -0.2) is 13.7 Å². The second-order valence-electron chi connectivity index (χ2n) is 6.56. The Morgan fingerprint density at radius 1 is 1.16 bits per heavy atom. The van der Waals surface area contributed by atoms with Crippen LogP contribution in [0, 0.1) is 19.3 Å². The summed E-state index contributed by atoms with van der Waals surface area (Å²) in [5.74, 6) is 1.01. The molecule has 0 radical (unpaired) electrons. The van der Waals surface area contributed by atoms with Crippen molar-refractivity contribution < 1.29 is 4.74 Å². The summed E-state index contributed by atoms with van der Waals surface area (Å²) in [5.41, 5.74) is 4.12. The van der Waals surface area contributed by atoms with E-state index in [2.05, 4.69) is 59.0 Å². The van der Waals surface area contributed by atoms with Gasteiger partial charge >= 0.3 is 0 Å². The van der Waals surface area contributed by atoms with E-state index in [0.29, 0.717) is 11.5 Å². The van der Waals surface area contributed by atoms with E-state index in [1.54, 1.807) is 7.11 Å². The van der Waals surface area contributed by atoms with Gasteiger partial charge in [-0.1, -0.05) is 39.8 Å². The van der Waals surface area contributed by atoms with Gasteiger partial charge in [-0.15, -0.1) is 0 Å². The largest absolute Gasteiger partial charge is 0.496 e. The smallest absolute Gasteiger partial charge is 0.124 e. The van der Waals surface area contributed by atoms with Crippen molar-refractivity contribution in [3.05, 3.63) is 28.8 Å². The van der Waals surface area contributed by atoms with Gasteiger partial charge in [0.2, 0.25) is 0 Å². The van der Waals surface area contributed by atoms with E-state index >= 15 is 0 Å². The molecule has 0 fully saturated rings. The maximum absolute atomic E-state index is 5.45. The summed E-state index contributed by atoms with van der Waals surface area (Å²) in [4.78, 5) is 0. The third kappa shape index (κ3) is 4.54. The Hall–Kier alpha value is -1.02. The fourth-order valence-corrected chi connectivity index (χ4v) is 2.67. The molecule has 108 valence electrons. The summed E-state index contributed by atoms with van der Waals surface area (Å²) >= 11 is 0. The first-order valence-electron chi connectivity index (χ1n) is 7.17. The first-order valence-corrected chi connectivity index (χ1v) is 7.17. The molecule has 2 heteroatoms. The van der Waals surface area contributed by atoms with E-state index in [4.69, 9.17) is 4.74 Å². The highest BCUT2D eigenvalue weighted by Crippen LogP contribution is 2.33. The molecule has 0 aliphatic heterocycles. The normalized spacial score (nSPS) is 13.4. The molecule has 0 aliphatic rings. The Bertz CT molecular complexity index is 395. The molecule has 1 aromatic carbocycles. The molecule has 2 nitrogen and oxygen atoms in total. The highest BCUT2D eigenvalue weighted by atomic mass is 16.5. The van der Waals surface area contributed by atoms with Gasteiger partial charge in [0.25, 0.3) is 0 Å². The molecule has 1 aromatic rings. The molecule has 1 unspecified atom stereocenters. The molecule has 0 bridgehead atoms.